The predicted molar refractivity (Wildman–Crippen MR) is 104 cm³/mol. The molecule has 0 atom stereocenters. The molecule has 122 valence electrons. The van der Waals surface area contributed by atoms with E-state index >= 15 is 0 Å². The second-order valence-electron chi connectivity index (χ2n) is 6.01. The zero-order valence-corrected chi connectivity index (χ0v) is 13.7. The molecular formula is C22H18N2O. The summed E-state index contributed by atoms with van der Waals surface area (Å²) in [5, 5.41) is 4.47. The fourth-order valence-electron chi connectivity index (χ4n) is 3.06. The number of aromatic amines is 1. The summed E-state index contributed by atoms with van der Waals surface area (Å²) in [5.74, 6) is 0. The van der Waals surface area contributed by atoms with E-state index in [1.165, 1.54) is 0 Å². The standard InChI is InChI=1S/C22H18N2O/c25-22-19(15-16-9-3-1-4-10-16)21(23-17-11-5-2-6-12-17)18-13-7-8-14-20(18)24-22/h1-14H,15H2,(H2,23,24,25). The number of pyridine rings is 1. The summed E-state index contributed by atoms with van der Waals surface area (Å²) < 4.78 is 0. The number of hydrogen-bond donors (Lipinski definition) is 2. The van der Waals surface area contributed by atoms with Crippen molar-refractivity contribution in [1.82, 2.24) is 4.98 Å². The molecule has 0 aliphatic heterocycles. The number of nitrogens with one attached hydrogen (secondary N) is 2. The van der Waals surface area contributed by atoms with Crippen LogP contribution in [0.4, 0.5) is 11.4 Å². The van der Waals surface area contributed by atoms with E-state index in [0.717, 1.165) is 33.4 Å². The number of aromatic nitrogens is 1. The number of para-hydroxylation sites is 2. The fourth-order valence-corrected chi connectivity index (χ4v) is 3.06. The molecule has 0 amide bonds. The van der Waals surface area contributed by atoms with Crippen LogP contribution < -0.4 is 10.9 Å². The maximum Gasteiger partial charge on any atom is 0.254 e. The molecule has 25 heavy (non-hydrogen) atoms. The van der Waals surface area contributed by atoms with Gasteiger partial charge >= 0.3 is 0 Å². The topological polar surface area (TPSA) is 44.9 Å². The van der Waals surface area contributed by atoms with E-state index in [2.05, 4.69) is 10.3 Å². The first-order chi connectivity index (χ1) is 12.3. The lowest BCUT2D eigenvalue weighted by molar-refractivity contribution is 1.12. The Morgan fingerprint density at radius 1 is 0.760 bits per heavy atom. The van der Waals surface area contributed by atoms with Gasteiger partial charge in [0.05, 0.1) is 11.2 Å². The molecule has 2 N–H and O–H groups in total. The second-order valence-corrected chi connectivity index (χ2v) is 6.01. The van der Waals surface area contributed by atoms with E-state index in [-0.39, 0.29) is 5.56 Å². The molecule has 0 spiro atoms. The minimum atomic E-state index is -0.0546. The minimum Gasteiger partial charge on any atom is -0.355 e. The molecule has 3 aromatic carbocycles. The summed E-state index contributed by atoms with van der Waals surface area (Å²) in [6.07, 6.45) is 0.580. The highest BCUT2D eigenvalue weighted by molar-refractivity contribution is 5.94. The largest absolute Gasteiger partial charge is 0.355 e. The van der Waals surface area contributed by atoms with Gasteiger partial charge in [0.25, 0.3) is 5.56 Å². The molecule has 0 radical (unpaired) electrons. The Morgan fingerprint density at radius 3 is 2.16 bits per heavy atom. The first-order valence-corrected chi connectivity index (χ1v) is 8.31. The summed E-state index contributed by atoms with van der Waals surface area (Å²) >= 11 is 0. The van der Waals surface area contributed by atoms with E-state index in [9.17, 15) is 4.79 Å². The second kappa shape index (κ2) is 6.65. The third-order valence-electron chi connectivity index (χ3n) is 4.29. The van der Waals surface area contributed by atoms with Crippen LogP contribution in [0.1, 0.15) is 11.1 Å². The maximum atomic E-state index is 12.8. The third-order valence-corrected chi connectivity index (χ3v) is 4.29. The molecular weight excluding hydrogens is 308 g/mol. The van der Waals surface area contributed by atoms with Gasteiger partial charge in [0.15, 0.2) is 0 Å². The Hall–Kier alpha value is -3.33. The van der Waals surface area contributed by atoms with Crippen LogP contribution in [0.5, 0.6) is 0 Å². The maximum absolute atomic E-state index is 12.8. The predicted octanol–water partition coefficient (Wildman–Crippen LogP) is 4.86. The highest BCUT2D eigenvalue weighted by Crippen LogP contribution is 2.28. The van der Waals surface area contributed by atoms with Crippen LogP contribution in [0.15, 0.2) is 89.7 Å². The molecule has 4 rings (SSSR count). The van der Waals surface area contributed by atoms with Crippen molar-refractivity contribution in [2.24, 2.45) is 0 Å². The van der Waals surface area contributed by atoms with Crippen molar-refractivity contribution < 1.29 is 0 Å². The van der Waals surface area contributed by atoms with Gasteiger partial charge in [-0.3, -0.25) is 4.79 Å². The highest BCUT2D eigenvalue weighted by Gasteiger charge is 2.13. The van der Waals surface area contributed by atoms with Crippen LogP contribution >= 0.6 is 0 Å². The fraction of sp³-hybridized carbons (Fsp3) is 0.0455. The number of benzene rings is 3. The number of hydrogen-bond acceptors (Lipinski definition) is 2. The van der Waals surface area contributed by atoms with Gasteiger partial charge in [-0.2, -0.15) is 0 Å². The molecule has 0 bridgehead atoms. The Morgan fingerprint density at radius 2 is 1.40 bits per heavy atom. The van der Waals surface area contributed by atoms with Crippen LogP contribution in [-0.2, 0) is 6.42 Å². The molecule has 3 heteroatoms. The minimum absolute atomic E-state index is 0.0546. The van der Waals surface area contributed by atoms with Crippen LogP contribution in [0.25, 0.3) is 10.9 Å². The molecule has 0 aliphatic carbocycles. The average Bonchev–Trinajstić information content (AvgIpc) is 2.66. The van der Waals surface area contributed by atoms with Crippen molar-refractivity contribution in [2.75, 3.05) is 5.32 Å². The molecule has 1 aromatic heterocycles. The van der Waals surface area contributed by atoms with Crippen LogP contribution in [0.2, 0.25) is 0 Å². The average molecular weight is 326 g/mol. The van der Waals surface area contributed by atoms with Crippen molar-refractivity contribution in [3.63, 3.8) is 0 Å². The molecule has 1 heterocycles. The summed E-state index contributed by atoms with van der Waals surface area (Å²) in [6, 6.07) is 27.9. The SMILES string of the molecule is O=c1[nH]c2ccccc2c(Nc2ccccc2)c1Cc1ccccc1. The van der Waals surface area contributed by atoms with Gasteiger partial charge in [0, 0.05) is 23.1 Å². The van der Waals surface area contributed by atoms with E-state index in [4.69, 9.17) is 0 Å². The number of H-pyrrole nitrogens is 1. The zero-order valence-electron chi connectivity index (χ0n) is 13.7. The molecule has 0 saturated heterocycles. The van der Waals surface area contributed by atoms with Gasteiger partial charge < -0.3 is 10.3 Å². The lowest BCUT2D eigenvalue weighted by Crippen LogP contribution is -2.16. The summed E-state index contributed by atoms with van der Waals surface area (Å²) in [4.78, 5) is 15.8. The van der Waals surface area contributed by atoms with Crippen molar-refractivity contribution in [3.05, 3.63) is 106 Å². The molecule has 0 fully saturated rings. The lowest BCUT2D eigenvalue weighted by Gasteiger charge is -2.15. The van der Waals surface area contributed by atoms with Crippen molar-refractivity contribution in [1.29, 1.82) is 0 Å². The van der Waals surface area contributed by atoms with Gasteiger partial charge in [-0.05, 0) is 23.8 Å². The van der Waals surface area contributed by atoms with Gasteiger partial charge in [0.1, 0.15) is 0 Å². The first kappa shape index (κ1) is 15.2. The van der Waals surface area contributed by atoms with E-state index in [1.54, 1.807) is 0 Å². The number of rotatable bonds is 4. The van der Waals surface area contributed by atoms with Crippen molar-refractivity contribution >= 4 is 22.3 Å². The summed E-state index contributed by atoms with van der Waals surface area (Å²) in [5.41, 5.74) is 4.47. The Labute approximate surface area is 146 Å². The molecule has 0 unspecified atom stereocenters. The Balaban J connectivity index is 1.89. The van der Waals surface area contributed by atoms with E-state index < -0.39 is 0 Å². The van der Waals surface area contributed by atoms with Gasteiger partial charge in [-0.1, -0.05) is 66.7 Å². The molecule has 0 aliphatic rings. The molecule has 3 nitrogen and oxygen atoms in total. The van der Waals surface area contributed by atoms with Crippen molar-refractivity contribution in [3.8, 4) is 0 Å². The third kappa shape index (κ3) is 3.17. The van der Waals surface area contributed by atoms with Gasteiger partial charge in [-0.25, -0.2) is 0 Å². The summed E-state index contributed by atoms with van der Waals surface area (Å²) in [6.45, 7) is 0. The van der Waals surface area contributed by atoms with Gasteiger partial charge in [0.2, 0.25) is 0 Å². The smallest absolute Gasteiger partial charge is 0.254 e. The first-order valence-electron chi connectivity index (χ1n) is 8.31. The van der Waals surface area contributed by atoms with Crippen LogP contribution in [-0.4, -0.2) is 4.98 Å². The van der Waals surface area contributed by atoms with Crippen LogP contribution in [0, 0.1) is 0 Å². The van der Waals surface area contributed by atoms with Gasteiger partial charge in [-0.15, -0.1) is 0 Å². The quantitative estimate of drug-likeness (QED) is 0.562. The Bertz CT molecular complexity index is 1050. The molecule has 0 saturated carbocycles. The normalized spacial score (nSPS) is 10.7. The number of anilines is 2. The number of fused-ring (bicyclic) bond motifs is 1. The highest BCUT2D eigenvalue weighted by atomic mass is 16.1. The molecule has 4 aromatic rings. The van der Waals surface area contributed by atoms with Crippen LogP contribution in [0.3, 0.4) is 0 Å². The zero-order chi connectivity index (χ0) is 17.1. The summed E-state index contributed by atoms with van der Waals surface area (Å²) in [7, 11) is 0. The Kier molecular flexibility index (Phi) is 4.05. The lowest BCUT2D eigenvalue weighted by atomic mass is 10.0. The monoisotopic (exact) mass is 326 g/mol. The van der Waals surface area contributed by atoms with E-state index in [0.29, 0.717) is 6.42 Å². The van der Waals surface area contributed by atoms with Crippen molar-refractivity contribution in [2.45, 2.75) is 6.42 Å². The van der Waals surface area contributed by atoms with E-state index in [1.807, 2.05) is 84.9 Å².